The van der Waals surface area contributed by atoms with Gasteiger partial charge in [0.2, 0.25) is 0 Å². The number of carbonyl (C=O) groups is 1. The van der Waals surface area contributed by atoms with Crippen molar-refractivity contribution in [3.05, 3.63) is 42.2 Å². The van der Waals surface area contributed by atoms with E-state index in [-0.39, 0.29) is 6.42 Å². The zero-order chi connectivity index (χ0) is 12.3. The van der Waals surface area contributed by atoms with Crippen LogP contribution in [0.3, 0.4) is 0 Å². The number of aliphatic carboxylic acids is 1. The van der Waals surface area contributed by atoms with Gasteiger partial charge >= 0.3 is 5.97 Å². The lowest BCUT2D eigenvalue weighted by atomic mass is 10.2. The maximum absolute atomic E-state index is 10.6. The fourth-order valence-electron chi connectivity index (χ4n) is 1.41. The summed E-state index contributed by atoms with van der Waals surface area (Å²) in [4.78, 5) is 10.6. The summed E-state index contributed by atoms with van der Waals surface area (Å²) in [6, 6.07) is 8.50. The van der Waals surface area contributed by atoms with Crippen molar-refractivity contribution in [1.82, 2.24) is 15.0 Å². The standard InChI is InChI=1S/C11H12N4O2/c12-10(11(16)17)6-8-7-15(14-13-8)9-4-2-1-3-5-9/h1-5,7,10H,6,12H2,(H,16,17). The summed E-state index contributed by atoms with van der Waals surface area (Å²) < 4.78 is 1.59. The van der Waals surface area contributed by atoms with Crippen molar-refractivity contribution in [3.63, 3.8) is 0 Å². The molecule has 0 radical (unpaired) electrons. The van der Waals surface area contributed by atoms with Crippen LogP contribution in [0.25, 0.3) is 5.69 Å². The highest BCUT2D eigenvalue weighted by atomic mass is 16.4. The van der Waals surface area contributed by atoms with Gasteiger partial charge in [0, 0.05) is 6.42 Å². The van der Waals surface area contributed by atoms with Crippen molar-refractivity contribution >= 4 is 5.97 Å². The Kier molecular flexibility index (Phi) is 3.15. The Morgan fingerprint density at radius 1 is 1.41 bits per heavy atom. The van der Waals surface area contributed by atoms with Crippen LogP contribution in [0.4, 0.5) is 0 Å². The van der Waals surface area contributed by atoms with E-state index in [1.165, 1.54) is 0 Å². The second-order valence-electron chi connectivity index (χ2n) is 3.64. The van der Waals surface area contributed by atoms with Crippen LogP contribution in [-0.4, -0.2) is 32.1 Å². The van der Waals surface area contributed by atoms with Gasteiger partial charge in [-0.15, -0.1) is 5.10 Å². The summed E-state index contributed by atoms with van der Waals surface area (Å²) in [5, 5.41) is 16.5. The maximum atomic E-state index is 10.6. The van der Waals surface area contributed by atoms with Crippen LogP contribution in [0.2, 0.25) is 0 Å². The average Bonchev–Trinajstić information content (AvgIpc) is 2.78. The molecule has 17 heavy (non-hydrogen) atoms. The fourth-order valence-corrected chi connectivity index (χ4v) is 1.41. The molecule has 0 spiro atoms. The lowest BCUT2D eigenvalue weighted by Gasteiger charge is -2.01. The first kappa shape index (κ1) is 11.3. The molecule has 1 unspecified atom stereocenters. The van der Waals surface area contributed by atoms with Crippen molar-refractivity contribution in [2.45, 2.75) is 12.5 Å². The Bertz CT molecular complexity index is 509. The molecular weight excluding hydrogens is 220 g/mol. The number of rotatable bonds is 4. The highest BCUT2D eigenvalue weighted by molar-refractivity contribution is 5.73. The number of para-hydroxylation sites is 1. The molecule has 0 aliphatic rings. The highest BCUT2D eigenvalue weighted by Crippen LogP contribution is 2.06. The van der Waals surface area contributed by atoms with E-state index in [1.54, 1.807) is 10.9 Å². The van der Waals surface area contributed by atoms with E-state index in [0.717, 1.165) is 5.69 Å². The van der Waals surface area contributed by atoms with E-state index < -0.39 is 12.0 Å². The normalized spacial score (nSPS) is 12.3. The molecule has 1 atom stereocenters. The zero-order valence-electron chi connectivity index (χ0n) is 9.02. The molecule has 0 bridgehead atoms. The third-order valence-corrected chi connectivity index (χ3v) is 2.31. The predicted octanol–water partition coefficient (Wildman–Crippen LogP) is 0.222. The predicted molar refractivity (Wildman–Crippen MR) is 60.7 cm³/mol. The van der Waals surface area contributed by atoms with Gasteiger partial charge in [0.15, 0.2) is 0 Å². The molecule has 1 aromatic heterocycles. The molecule has 88 valence electrons. The summed E-state index contributed by atoms with van der Waals surface area (Å²) in [5.74, 6) is -1.04. The molecule has 1 heterocycles. The van der Waals surface area contributed by atoms with Crippen molar-refractivity contribution in [2.75, 3.05) is 0 Å². The maximum Gasteiger partial charge on any atom is 0.320 e. The van der Waals surface area contributed by atoms with Crippen LogP contribution < -0.4 is 5.73 Å². The Labute approximate surface area is 97.7 Å². The van der Waals surface area contributed by atoms with Crippen molar-refractivity contribution in [3.8, 4) is 5.69 Å². The molecule has 6 nitrogen and oxygen atoms in total. The van der Waals surface area contributed by atoms with E-state index in [9.17, 15) is 4.79 Å². The first-order chi connectivity index (χ1) is 8.16. The molecule has 0 aliphatic heterocycles. The van der Waals surface area contributed by atoms with E-state index in [1.807, 2.05) is 30.3 Å². The molecule has 0 amide bonds. The zero-order valence-corrected chi connectivity index (χ0v) is 9.02. The van der Waals surface area contributed by atoms with Crippen LogP contribution in [0.15, 0.2) is 36.5 Å². The summed E-state index contributed by atoms with van der Waals surface area (Å²) >= 11 is 0. The van der Waals surface area contributed by atoms with Gasteiger partial charge in [-0.2, -0.15) is 0 Å². The Balaban J connectivity index is 2.14. The molecule has 0 saturated carbocycles. The first-order valence-corrected chi connectivity index (χ1v) is 5.12. The van der Waals surface area contributed by atoms with Crippen LogP contribution in [-0.2, 0) is 11.2 Å². The Hall–Kier alpha value is -2.21. The fraction of sp³-hybridized carbons (Fsp3) is 0.182. The minimum absolute atomic E-state index is 0.169. The van der Waals surface area contributed by atoms with Crippen molar-refractivity contribution < 1.29 is 9.90 Å². The van der Waals surface area contributed by atoms with Crippen LogP contribution >= 0.6 is 0 Å². The number of benzene rings is 1. The molecule has 0 saturated heterocycles. The number of nitrogens with zero attached hydrogens (tertiary/aromatic N) is 3. The van der Waals surface area contributed by atoms with Crippen molar-refractivity contribution in [2.24, 2.45) is 5.73 Å². The van der Waals surface area contributed by atoms with Gasteiger partial charge < -0.3 is 10.8 Å². The summed E-state index contributed by atoms with van der Waals surface area (Å²) in [5.41, 5.74) is 6.85. The lowest BCUT2D eigenvalue weighted by Crippen LogP contribution is -2.32. The van der Waals surface area contributed by atoms with E-state index >= 15 is 0 Å². The summed E-state index contributed by atoms with van der Waals surface area (Å²) in [6.07, 6.45) is 1.85. The first-order valence-electron chi connectivity index (χ1n) is 5.12. The van der Waals surface area contributed by atoms with Crippen LogP contribution in [0.5, 0.6) is 0 Å². The molecule has 2 rings (SSSR count). The van der Waals surface area contributed by atoms with E-state index in [2.05, 4.69) is 10.3 Å². The Morgan fingerprint density at radius 3 is 2.76 bits per heavy atom. The average molecular weight is 232 g/mol. The number of carboxylic acid groups (broad SMARTS) is 1. The molecule has 6 heteroatoms. The molecule has 0 fully saturated rings. The van der Waals surface area contributed by atoms with Gasteiger partial charge in [-0.3, -0.25) is 4.79 Å². The highest BCUT2D eigenvalue weighted by Gasteiger charge is 2.14. The molecule has 1 aromatic carbocycles. The van der Waals surface area contributed by atoms with Crippen LogP contribution in [0.1, 0.15) is 5.69 Å². The minimum Gasteiger partial charge on any atom is -0.480 e. The second kappa shape index (κ2) is 4.75. The molecule has 3 N–H and O–H groups in total. The quantitative estimate of drug-likeness (QED) is 0.786. The topological polar surface area (TPSA) is 94.0 Å². The third kappa shape index (κ3) is 2.67. The largest absolute Gasteiger partial charge is 0.480 e. The molecule has 0 aliphatic carbocycles. The van der Waals surface area contributed by atoms with E-state index in [0.29, 0.717) is 5.69 Å². The SMILES string of the molecule is NC(Cc1cn(-c2ccccc2)nn1)C(=O)O. The molecular formula is C11H12N4O2. The number of nitrogens with two attached hydrogens (primary N) is 1. The number of hydrogen-bond donors (Lipinski definition) is 2. The van der Waals surface area contributed by atoms with E-state index in [4.69, 9.17) is 10.8 Å². The van der Waals surface area contributed by atoms with Gasteiger partial charge in [-0.25, -0.2) is 4.68 Å². The third-order valence-electron chi connectivity index (χ3n) is 2.31. The van der Waals surface area contributed by atoms with Gasteiger partial charge in [-0.05, 0) is 12.1 Å². The number of aromatic nitrogens is 3. The smallest absolute Gasteiger partial charge is 0.320 e. The van der Waals surface area contributed by atoms with Gasteiger partial charge in [0.1, 0.15) is 6.04 Å². The van der Waals surface area contributed by atoms with Crippen molar-refractivity contribution in [1.29, 1.82) is 0 Å². The van der Waals surface area contributed by atoms with Gasteiger partial charge in [0.05, 0.1) is 17.6 Å². The summed E-state index contributed by atoms with van der Waals surface area (Å²) in [6.45, 7) is 0. The van der Waals surface area contributed by atoms with Gasteiger partial charge in [0.25, 0.3) is 0 Å². The number of hydrogen-bond acceptors (Lipinski definition) is 4. The second-order valence-corrected chi connectivity index (χ2v) is 3.64. The minimum atomic E-state index is -1.04. The Morgan fingerprint density at radius 2 is 2.12 bits per heavy atom. The van der Waals surface area contributed by atoms with Crippen LogP contribution in [0, 0.1) is 0 Å². The monoisotopic (exact) mass is 232 g/mol. The number of carboxylic acids is 1. The summed E-state index contributed by atoms with van der Waals surface area (Å²) in [7, 11) is 0. The lowest BCUT2D eigenvalue weighted by molar-refractivity contribution is -0.138. The molecule has 2 aromatic rings. The van der Waals surface area contributed by atoms with Gasteiger partial charge in [-0.1, -0.05) is 23.4 Å².